The Morgan fingerprint density at radius 3 is 2.67 bits per heavy atom. The summed E-state index contributed by atoms with van der Waals surface area (Å²) < 4.78 is 1.59. The number of anilines is 1. The van der Waals surface area contributed by atoms with Crippen LogP contribution in [0.5, 0.6) is 0 Å². The summed E-state index contributed by atoms with van der Waals surface area (Å²) in [7, 11) is 0. The highest BCUT2D eigenvalue weighted by molar-refractivity contribution is 5.44. The summed E-state index contributed by atoms with van der Waals surface area (Å²) in [6.45, 7) is 5.45. The molecular formula is C12H17N5O. The van der Waals surface area contributed by atoms with Gasteiger partial charge in [-0.25, -0.2) is 14.6 Å². The van der Waals surface area contributed by atoms with E-state index in [1.54, 1.807) is 31.1 Å². The minimum Gasteiger partial charge on any atom is -0.388 e. The fraction of sp³-hybridized carbons (Fsp3) is 0.417. The topological polar surface area (TPSA) is 75.9 Å². The maximum atomic E-state index is 9.85. The molecule has 2 aromatic heterocycles. The predicted octanol–water partition coefficient (Wildman–Crippen LogP) is 1.23. The second-order valence-electron chi connectivity index (χ2n) is 4.76. The zero-order valence-corrected chi connectivity index (χ0v) is 10.7. The summed E-state index contributed by atoms with van der Waals surface area (Å²) in [4.78, 5) is 8.14. The van der Waals surface area contributed by atoms with Crippen LogP contribution < -0.4 is 5.32 Å². The van der Waals surface area contributed by atoms with E-state index in [1.807, 2.05) is 19.1 Å². The fourth-order valence-electron chi connectivity index (χ4n) is 1.36. The van der Waals surface area contributed by atoms with Gasteiger partial charge < -0.3 is 10.4 Å². The van der Waals surface area contributed by atoms with E-state index in [9.17, 15) is 5.11 Å². The molecule has 1 atom stereocenters. The highest BCUT2D eigenvalue weighted by Gasteiger charge is 2.21. The van der Waals surface area contributed by atoms with Gasteiger partial charge >= 0.3 is 0 Å². The number of hydrogen-bond acceptors (Lipinski definition) is 5. The molecule has 2 N–H and O–H groups in total. The van der Waals surface area contributed by atoms with Crippen LogP contribution in [0.2, 0.25) is 0 Å². The molecule has 0 fully saturated rings. The van der Waals surface area contributed by atoms with E-state index in [4.69, 9.17) is 0 Å². The molecule has 6 nitrogen and oxygen atoms in total. The average Bonchev–Trinajstić information content (AvgIpc) is 2.82. The third-order valence-electron chi connectivity index (χ3n) is 2.84. The van der Waals surface area contributed by atoms with Crippen LogP contribution in [0, 0.1) is 0 Å². The van der Waals surface area contributed by atoms with Gasteiger partial charge in [0.2, 0.25) is 0 Å². The monoisotopic (exact) mass is 247 g/mol. The van der Waals surface area contributed by atoms with E-state index in [1.165, 1.54) is 6.33 Å². The molecular weight excluding hydrogens is 230 g/mol. The van der Waals surface area contributed by atoms with Gasteiger partial charge in [0.15, 0.2) is 5.82 Å². The average molecular weight is 247 g/mol. The molecule has 0 amide bonds. The molecule has 0 aliphatic carbocycles. The molecule has 0 bridgehead atoms. The summed E-state index contributed by atoms with van der Waals surface area (Å²) in [6, 6.07) is 3.66. The van der Waals surface area contributed by atoms with E-state index in [0.717, 1.165) is 5.69 Å². The van der Waals surface area contributed by atoms with Crippen molar-refractivity contribution < 1.29 is 5.11 Å². The predicted molar refractivity (Wildman–Crippen MR) is 68.5 cm³/mol. The molecule has 2 rings (SSSR count). The molecule has 0 radical (unpaired) electrons. The molecule has 6 heteroatoms. The zero-order valence-electron chi connectivity index (χ0n) is 10.7. The standard InChI is InChI=1S/C12H17N5O/c1-9(12(2,3)18)16-10-4-5-11(14-6-10)17-8-13-7-15-17/h4-9,16,18H,1-3H3. The molecule has 0 saturated carbocycles. The molecule has 2 aromatic rings. The van der Waals surface area contributed by atoms with E-state index in [0.29, 0.717) is 5.82 Å². The highest BCUT2D eigenvalue weighted by Crippen LogP contribution is 2.15. The number of aliphatic hydroxyl groups is 1. The van der Waals surface area contributed by atoms with Crippen molar-refractivity contribution in [1.29, 1.82) is 0 Å². The Hall–Kier alpha value is -1.95. The van der Waals surface area contributed by atoms with Crippen molar-refractivity contribution >= 4 is 5.69 Å². The quantitative estimate of drug-likeness (QED) is 0.850. The second-order valence-corrected chi connectivity index (χ2v) is 4.76. The Balaban J connectivity index is 2.09. The van der Waals surface area contributed by atoms with Gasteiger partial charge in [-0.2, -0.15) is 5.10 Å². The van der Waals surface area contributed by atoms with E-state index in [2.05, 4.69) is 20.4 Å². The van der Waals surface area contributed by atoms with Crippen molar-refractivity contribution in [3.05, 3.63) is 31.0 Å². The van der Waals surface area contributed by atoms with Crippen LogP contribution in [-0.2, 0) is 0 Å². The van der Waals surface area contributed by atoms with Crippen LogP contribution in [0.4, 0.5) is 5.69 Å². The van der Waals surface area contributed by atoms with Gasteiger partial charge in [-0.15, -0.1) is 0 Å². The lowest BCUT2D eigenvalue weighted by atomic mass is 10.0. The summed E-state index contributed by atoms with van der Waals surface area (Å²) in [6.07, 6.45) is 4.76. The van der Waals surface area contributed by atoms with Crippen LogP contribution in [0.1, 0.15) is 20.8 Å². The first-order valence-electron chi connectivity index (χ1n) is 5.77. The van der Waals surface area contributed by atoms with Crippen molar-refractivity contribution in [2.75, 3.05) is 5.32 Å². The zero-order chi connectivity index (χ0) is 13.2. The van der Waals surface area contributed by atoms with Gasteiger partial charge in [0.05, 0.1) is 23.5 Å². The summed E-state index contributed by atoms with van der Waals surface area (Å²) >= 11 is 0. The second kappa shape index (κ2) is 4.73. The van der Waals surface area contributed by atoms with Crippen molar-refractivity contribution in [2.24, 2.45) is 0 Å². The third kappa shape index (κ3) is 2.84. The van der Waals surface area contributed by atoms with Gasteiger partial charge in [-0.1, -0.05) is 0 Å². The number of pyridine rings is 1. The maximum absolute atomic E-state index is 9.85. The lowest BCUT2D eigenvalue weighted by Crippen LogP contribution is -2.39. The molecule has 0 aromatic carbocycles. The molecule has 0 spiro atoms. The first kappa shape index (κ1) is 12.5. The van der Waals surface area contributed by atoms with Crippen molar-refractivity contribution in [3.8, 4) is 5.82 Å². The van der Waals surface area contributed by atoms with Crippen molar-refractivity contribution in [2.45, 2.75) is 32.4 Å². The van der Waals surface area contributed by atoms with E-state index < -0.39 is 5.60 Å². The summed E-state index contributed by atoms with van der Waals surface area (Å²) in [5.41, 5.74) is 0.0680. The third-order valence-corrected chi connectivity index (χ3v) is 2.84. The van der Waals surface area contributed by atoms with Crippen LogP contribution in [-0.4, -0.2) is 36.5 Å². The first-order valence-corrected chi connectivity index (χ1v) is 5.77. The summed E-state index contributed by atoms with van der Waals surface area (Å²) in [5, 5.41) is 17.0. The van der Waals surface area contributed by atoms with Gasteiger partial charge in [-0.3, -0.25) is 0 Å². The van der Waals surface area contributed by atoms with Gasteiger partial charge in [0.25, 0.3) is 0 Å². The lowest BCUT2D eigenvalue weighted by Gasteiger charge is -2.27. The minimum absolute atomic E-state index is 0.0727. The molecule has 0 aliphatic heterocycles. The van der Waals surface area contributed by atoms with Crippen LogP contribution in [0.25, 0.3) is 5.82 Å². The van der Waals surface area contributed by atoms with Crippen LogP contribution >= 0.6 is 0 Å². The SMILES string of the molecule is CC(Nc1ccc(-n2cncn2)nc1)C(C)(C)O. The number of hydrogen-bond donors (Lipinski definition) is 2. The van der Waals surface area contributed by atoms with E-state index in [-0.39, 0.29) is 6.04 Å². The Kier molecular flexibility index (Phi) is 3.29. The first-order chi connectivity index (χ1) is 8.47. The highest BCUT2D eigenvalue weighted by atomic mass is 16.3. The summed E-state index contributed by atoms with van der Waals surface area (Å²) in [5.74, 6) is 0.703. The maximum Gasteiger partial charge on any atom is 0.155 e. The van der Waals surface area contributed by atoms with Crippen molar-refractivity contribution in [3.63, 3.8) is 0 Å². The number of aromatic nitrogens is 4. The van der Waals surface area contributed by atoms with Crippen molar-refractivity contribution in [1.82, 2.24) is 19.7 Å². The molecule has 0 saturated heterocycles. The molecule has 1 unspecified atom stereocenters. The van der Waals surface area contributed by atoms with Gasteiger partial charge in [-0.05, 0) is 32.9 Å². The number of rotatable bonds is 4. The fourth-order valence-corrected chi connectivity index (χ4v) is 1.36. The molecule has 0 aliphatic rings. The lowest BCUT2D eigenvalue weighted by molar-refractivity contribution is 0.0649. The Morgan fingerprint density at radius 1 is 1.39 bits per heavy atom. The Morgan fingerprint density at radius 2 is 2.17 bits per heavy atom. The number of nitrogens with zero attached hydrogens (tertiary/aromatic N) is 4. The minimum atomic E-state index is -0.787. The smallest absolute Gasteiger partial charge is 0.155 e. The van der Waals surface area contributed by atoms with Gasteiger partial charge in [0.1, 0.15) is 12.7 Å². The number of nitrogens with one attached hydrogen (secondary N) is 1. The normalized spacial score (nSPS) is 13.3. The van der Waals surface area contributed by atoms with Crippen LogP contribution in [0.15, 0.2) is 31.0 Å². The Bertz CT molecular complexity index is 486. The molecule has 96 valence electrons. The molecule has 18 heavy (non-hydrogen) atoms. The Labute approximate surface area is 106 Å². The largest absolute Gasteiger partial charge is 0.388 e. The van der Waals surface area contributed by atoms with Gasteiger partial charge in [0, 0.05) is 0 Å². The van der Waals surface area contributed by atoms with E-state index >= 15 is 0 Å². The van der Waals surface area contributed by atoms with Crippen LogP contribution in [0.3, 0.4) is 0 Å². The molecule has 2 heterocycles.